The summed E-state index contributed by atoms with van der Waals surface area (Å²) in [6, 6.07) is 5.54. The summed E-state index contributed by atoms with van der Waals surface area (Å²) in [6.45, 7) is 0. The molecule has 0 aromatic heterocycles. The van der Waals surface area contributed by atoms with Crippen LogP contribution in [-0.4, -0.2) is 17.1 Å². The standard InChI is InChI=1S/C14H18ClNO2/c15-13-9-11(7-8-12(13)14(17)18)16-10-5-3-1-2-4-6-10/h7-10,16H,1-6H2,(H,17,18). The van der Waals surface area contributed by atoms with Gasteiger partial charge in [-0.1, -0.05) is 37.3 Å². The SMILES string of the molecule is O=C(O)c1ccc(NC2CCCCCC2)cc1Cl. The Hall–Kier alpha value is -1.22. The van der Waals surface area contributed by atoms with Gasteiger partial charge in [-0.05, 0) is 31.0 Å². The number of nitrogens with one attached hydrogen (secondary N) is 1. The minimum atomic E-state index is -0.985. The molecule has 1 fully saturated rings. The zero-order valence-corrected chi connectivity index (χ0v) is 11.0. The molecule has 0 aliphatic heterocycles. The molecule has 0 saturated heterocycles. The number of carboxylic acids is 1. The summed E-state index contributed by atoms with van der Waals surface area (Å²) in [5.41, 5.74) is 1.07. The molecule has 1 aliphatic rings. The zero-order chi connectivity index (χ0) is 13.0. The fourth-order valence-electron chi connectivity index (χ4n) is 2.44. The van der Waals surface area contributed by atoms with E-state index in [2.05, 4.69) is 5.32 Å². The molecule has 0 amide bonds. The number of hydrogen-bond acceptors (Lipinski definition) is 2. The van der Waals surface area contributed by atoms with Gasteiger partial charge in [-0.25, -0.2) is 4.79 Å². The van der Waals surface area contributed by atoms with Crippen molar-refractivity contribution in [1.82, 2.24) is 0 Å². The Bertz CT molecular complexity index is 426. The van der Waals surface area contributed by atoms with E-state index < -0.39 is 5.97 Å². The average Bonchev–Trinajstić information content (AvgIpc) is 2.57. The van der Waals surface area contributed by atoms with Crippen LogP contribution < -0.4 is 5.32 Å². The molecule has 1 aromatic carbocycles. The molecule has 0 atom stereocenters. The number of hydrogen-bond donors (Lipinski definition) is 2. The Kier molecular flexibility index (Phi) is 4.48. The van der Waals surface area contributed by atoms with E-state index >= 15 is 0 Å². The molecule has 2 rings (SSSR count). The van der Waals surface area contributed by atoms with Crippen LogP contribution in [0, 0.1) is 0 Å². The van der Waals surface area contributed by atoms with Gasteiger partial charge in [0.25, 0.3) is 0 Å². The number of benzene rings is 1. The first-order chi connectivity index (χ1) is 8.66. The molecule has 0 bridgehead atoms. The summed E-state index contributed by atoms with van der Waals surface area (Å²) in [5.74, 6) is -0.985. The quantitative estimate of drug-likeness (QED) is 0.808. The number of halogens is 1. The average molecular weight is 268 g/mol. The van der Waals surface area contributed by atoms with Crippen LogP contribution in [0.25, 0.3) is 0 Å². The van der Waals surface area contributed by atoms with E-state index in [1.54, 1.807) is 18.2 Å². The lowest BCUT2D eigenvalue weighted by Crippen LogP contribution is -2.18. The van der Waals surface area contributed by atoms with Crippen LogP contribution in [0.4, 0.5) is 5.69 Å². The third kappa shape index (κ3) is 3.39. The van der Waals surface area contributed by atoms with Crippen molar-refractivity contribution in [2.45, 2.75) is 44.6 Å². The van der Waals surface area contributed by atoms with Gasteiger partial charge in [0.05, 0.1) is 10.6 Å². The highest BCUT2D eigenvalue weighted by atomic mass is 35.5. The van der Waals surface area contributed by atoms with Crippen LogP contribution in [-0.2, 0) is 0 Å². The minimum Gasteiger partial charge on any atom is -0.478 e. The Morgan fingerprint density at radius 2 is 1.89 bits per heavy atom. The number of rotatable bonds is 3. The first-order valence-corrected chi connectivity index (χ1v) is 6.84. The molecule has 1 aromatic rings. The second kappa shape index (κ2) is 6.10. The number of aromatic carboxylic acids is 1. The summed E-state index contributed by atoms with van der Waals surface area (Å²) >= 11 is 5.95. The predicted octanol–water partition coefficient (Wildman–Crippen LogP) is 4.17. The second-order valence-corrected chi connectivity index (χ2v) is 5.24. The summed E-state index contributed by atoms with van der Waals surface area (Å²) in [7, 11) is 0. The first-order valence-electron chi connectivity index (χ1n) is 6.46. The Morgan fingerprint density at radius 3 is 2.44 bits per heavy atom. The topological polar surface area (TPSA) is 49.3 Å². The van der Waals surface area contributed by atoms with Gasteiger partial charge in [0.1, 0.15) is 0 Å². The Balaban J connectivity index is 2.05. The van der Waals surface area contributed by atoms with Gasteiger partial charge in [0.15, 0.2) is 0 Å². The highest BCUT2D eigenvalue weighted by molar-refractivity contribution is 6.33. The lowest BCUT2D eigenvalue weighted by atomic mass is 10.1. The van der Waals surface area contributed by atoms with E-state index in [1.807, 2.05) is 0 Å². The van der Waals surface area contributed by atoms with E-state index in [0.717, 1.165) is 5.69 Å². The van der Waals surface area contributed by atoms with Crippen molar-refractivity contribution in [2.75, 3.05) is 5.32 Å². The van der Waals surface area contributed by atoms with E-state index in [0.29, 0.717) is 11.1 Å². The van der Waals surface area contributed by atoms with Gasteiger partial charge in [-0.2, -0.15) is 0 Å². The maximum absolute atomic E-state index is 10.9. The molecule has 18 heavy (non-hydrogen) atoms. The third-order valence-electron chi connectivity index (χ3n) is 3.43. The predicted molar refractivity (Wildman–Crippen MR) is 73.5 cm³/mol. The Morgan fingerprint density at radius 1 is 1.22 bits per heavy atom. The van der Waals surface area contributed by atoms with Crippen molar-refractivity contribution < 1.29 is 9.90 Å². The second-order valence-electron chi connectivity index (χ2n) is 4.83. The van der Waals surface area contributed by atoms with Gasteiger partial charge in [-0.3, -0.25) is 0 Å². The van der Waals surface area contributed by atoms with Gasteiger partial charge in [0, 0.05) is 11.7 Å². The molecule has 98 valence electrons. The number of carbonyl (C=O) groups is 1. The van der Waals surface area contributed by atoms with Crippen molar-refractivity contribution in [3.8, 4) is 0 Å². The molecule has 1 saturated carbocycles. The summed E-state index contributed by atoms with van der Waals surface area (Å²) < 4.78 is 0. The number of carboxylic acid groups (broad SMARTS) is 1. The largest absolute Gasteiger partial charge is 0.478 e. The lowest BCUT2D eigenvalue weighted by molar-refractivity contribution is 0.0697. The smallest absolute Gasteiger partial charge is 0.337 e. The fraction of sp³-hybridized carbons (Fsp3) is 0.500. The lowest BCUT2D eigenvalue weighted by Gasteiger charge is -2.18. The van der Waals surface area contributed by atoms with Gasteiger partial charge < -0.3 is 10.4 Å². The molecule has 4 heteroatoms. The van der Waals surface area contributed by atoms with Crippen LogP contribution in [0.2, 0.25) is 5.02 Å². The number of anilines is 1. The molecular formula is C14H18ClNO2. The summed E-state index contributed by atoms with van der Waals surface area (Å²) in [5, 5.41) is 12.7. The van der Waals surface area contributed by atoms with Gasteiger partial charge in [0.2, 0.25) is 0 Å². The highest BCUT2D eigenvalue weighted by Gasteiger charge is 2.13. The first kappa shape index (κ1) is 13.2. The van der Waals surface area contributed by atoms with Crippen LogP contribution in [0.1, 0.15) is 48.9 Å². The van der Waals surface area contributed by atoms with Crippen molar-refractivity contribution in [3.63, 3.8) is 0 Å². The molecule has 1 aliphatic carbocycles. The van der Waals surface area contributed by atoms with E-state index in [9.17, 15) is 4.79 Å². The molecule has 0 spiro atoms. The summed E-state index contributed by atoms with van der Waals surface area (Å²) in [4.78, 5) is 10.9. The zero-order valence-electron chi connectivity index (χ0n) is 10.3. The van der Waals surface area contributed by atoms with Crippen molar-refractivity contribution in [2.24, 2.45) is 0 Å². The highest BCUT2D eigenvalue weighted by Crippen LogP contribution is 2.25. The van der Waals surface area contributed by atoms with Crippen LogP contribution >= 0.6 is 11.6 Å². The minimum absolute atomic E-state index is 0.156. The maximum atomic E-state index is 10.9. The molecule has 0 unspecified atom stereocenters. The van der Waals surface area contributed by atoms with Crippen LogP contribution in [0.15, 0.2) is 18.2 Å². The third-order valence-corrected chi connectivity index (χ3v) is 3.74. The van der Waals surface area contributed by atoms with Crippen molar-refractivity contribution in [1.29, 1.82) is 0 Å². The van der Waals surface area contributed by atoms with Gasteiger partial charge in [-0.15, -0.1) is 0 Å². The molecule has 0 radical (unpaired) electrons. The maximum Gasteiger partial charge on any atom is 0.337 e. The molecule has 2 N–H and O–H groups in total. The summed E-state index contributed by atoms with van der Waals surface area (Å²) in [6.07, 6.45) is 7.52. The van der Waals surface area contributed by atoms with E-state index in [4.69, 9.17) is 16.7 Å². The monoisotopic (exact) mass is 267 g/mol. The van der Waals surface area contributed by atoms with E-state index in [-0.39, 0.29) is 5.56 Å². The van der Waals surface area contributed by atoms with Crippen LogP contribution in [0.5, 0.6) is 0 Å². The normalized spacial score (nSPS) is 17.2. The molecule has 3 nitrogen and oxygen atoms in total. The fourth-order valence-corrected chi connectivity index (χ4v) is 2.70. The van der Waals surface area contributed by atoms with Gasteiger partial charge >= 0.3 is 5.97 Å². The van der Waals surface area contributed by atoms with Crippen molar-refractivity contribution in [3.05, 3.63) is 28.8 Å². The molecular weight excluding hydrogens is 250 g/mol. The van der Waals surface area contributed by atoms with Crippen LogP contribution in [0.3, 0.4) is 0 Å². The molecule has 0 heterocycles. The Labute approximate surface area is 112 Å². The van der Waals surface area contributed by atoms with Crippen molar-refractivity contribution >= 4 is 23.3 Å². The van der Waals surface area contributed by atoms with E-state index in [1.165, 1.54) is 38.5 Å².